The molecule has 6 heteroatoms. The number of halogens is 1. The lowest BCUT2D eigenvalue weighted by Gasteiger charge is -2.23. The van der Waals surface area contributed by atoms with E-state index in [2.05, 4.69) is 5.32 Å². The number of rotatable bonds is 4. The molecule has 1 heterocycles. The summed E-state index contributed by atoms with van der Waals surface area (Å²) >= 11 is 0. The first-order chi connectivity index (χ1) is 9.70. The van der Waals surface area contributed by atoms with Crippen LogP contribution in [0.25, 0.3) is 0 Å². The van der Waals surface area contributed by atoms with Crippen LogP contribution in [0.15, 0.2) is 0 Å². The molecule has 0 aromatic heterocycles. The maximum atomic E-state index is 12.3. The SMILES string of the molecule is CNCC(=O)N1CCCN(C(=O)CC2CCCC2)CC1.Cl. The van der Waals surface area contributed by atoms with Crippen molar-refractivity contribution < 1.29 is 9.59 Å². The van der Waals surface area contributed by atoms with Gasteiger partial charge in [-0.1, -0.05) is 12.8 Å². The third-order valence-corrected chi connectivity index (χ3v) is 4.47. The smallest absolute Gasteiger partial charge is 0.236 e. The summed E-state index contributed by atoms with van der Waals surface area (Å²) in [5, 5.41) is 2.90. The van der Waals surface area contributed by atoms with E-state index in [1.54, 1.807) is 7.05 Å². The van der Waals surface area contributed by atoms with E-state index in [0.29, 0.717) is 37.9 Å². The summed E-state index contributed by atoms with van der Waals surface area (Å²) in [6.07, 6.45) is 6.60. The zero-order valence-electron chi connectivity index (χ0n) is 13.0. The molecular weight excluding hydrogens is 290 g/mol. The van der Waals surface area contributed by atoms with Crippen molar-refractivity contribution in [1.82, 2.24) is 15.1 Å². The van der Waals surface area contributed by atoms with Gasteiger partial charge in [0.25, 0.3) is 0 Å². The molecule has 2 aliphatic rings. The summed E-state index contributed by atoms with van der Waals surface area (Å²) in [6, 6.07) is 0. The fourth-order valence-corrected chi connectivity index (χ4v) is 3.27. The lowest BCUT2D eigenvalue weighted by atomic mass is 10.0. The maximum absolute atomic E-state index is 12.3. The second kappa shape index (κ2) is 9.26. The molecule has 1 saturated heterocycles. The van der Waals surface area contributed by atoms with E-state index in [1.807, 2.05) is 9.80 Å². The van der Waals surface area contributed by atoms with Crippen molar-refractivity contribution in [2.45, 2.75) is 38.5 Å². The molecule has 0 unspecified atom stereocenters. The van der Waals surface area contributed by atoms with E-state index >= 15 is 0 Å². The van der Waals surface area contributed by atoms with Crippen LogP contribution >= 0.6 is 12.4 Å². The van der Waals surface area contributed by atoms with Crippen molar-refractivity contribution in [2.24, 2.45) is 5.92 Å². The molecule has 1 saturated carbocycles. The Bertz CT molecular complexity index is 346. The number of carbonyl (C=O) groups excluding carboxylic acids is 2. The molecule has 0 spiro atoms. The Balaban J connectivity index is 0.00000220. The fourth-order valence-electron chi connectivity index (χ4n) is 3.27. The molecule has 0 bridgehead atoms. The maximum Gasteiger partial charge on any atom is 0.236 e. The Hall–Kier alpha value is -0.810. The van der Waals surface area contributed by atoms with Crippen LogP contribution in [-0.4, -0.2) is 61.4 Å². The van der Waals surface area contributed by atoms with E-state index in [4.69, 9.17) is 0 Å². The molecule has 2 amide bonds. The van der Waals surface area contributed by atoms with Gasteiger partial charge < -0.3 is 15.1 Å². The van der Waals surface area contributed by atoms with Crippen molar-refractivity contribution in [3.05, 3.63) is 0 Å². The summed E-state index contributed by atoms with van der Waals surface area (Å²) in [5.41, 5.74) is 0. The van der Waals surface area contributed by atoms with Gasteiger partial charge in [0.05, 0.1) is 6.54 Å². The van der Waals surface area contributed by atoms with Gasteiger partial charge in [-0.3, -0.25) is 9.59 Å². The Labute approximate surface area is 133 Å². The third kappa shape index (κ3) is 5.47. The topological polar surface area (TPSA) is 52.7 Å². The predicted octanol–water partition coefficient (Wildman–Crippen LogP) is 1.27. The van der Waals surface area contributed by atoms with Gasteiger partial charge in [-0.15, -0.1) is 12.4 Å². The predicted molar refractivity (Wildman–Crippen MR) is 85.5 cm³/mol. The molecular formula is C15H28ClN3O2. The zero-order valence-corrected chi connectivity index (χ0v) is 13.8. The average molecular weight is 318 g/mol. The first kappa shape index (κ1) is 18.2. The van der Waals surface area contributed by atoms with Crippen molar-refractivity contribution in [1.29, 1.82) is 0 Å². The van der Waals surface area contributed by atoms with Gasteiger partial charge >= 0.3 is 0 Å². The standard InChI is InChI=1S/C15H27N3O2.ClH/c1-16-12-15(20)18-8-4-7-17(9-10-18)14(19)11-13-5-2-3-6-13;/h13,16H,2-12H2,1H3;1H. The van der Waals surface area contributed by atoms with Crippen LogP contribution in [0, 0.1) is 5.92 Å². The van der Waals surface area contributed by atoms with Gasteiger partial charge in [-0.2, -0.15) is 0 Å². The van der Waals surface area contributed by atoms with Crippen LogP contribution in [-0.2, 0) is 9.59 Å². The molecule has 0 radical (unpaired) electrons. The van der Waals surface area contributed by atoms with Gasteiger partial charge in [0.15, 0.2) is 0 Å². The number of nitrogens with one attached hydrogen (secondary N) is 1. The number of nitrogens with zero attached hydrogens (tertiary/aromatic N) is 2. The van der Waals surface area contributed by atoms with Crippen LogP contribution in [0.3, 0.4) is 0 Å². The molecule has 5 nitrogen and oxygen atoms in total. The second-order valence-electron chi connectivity index (χ2n) is 6.00. The summed E-state index contributed by atoms with van der Waals surface area (Å²) in [4.78, 5) is 28.0. The Kier molecular flexibility index (Phi) is 8.04. The number of hydrogen-bond acceptors (Lipinski definition) is 3. The van der Waals surface area contributed by atoms with Crippen LogP contribution in [0.1, 0.15) is 38.5 Å². The normalized spacial score (nSPS) is 20.0. The van der Waals surface area contributed by atoms with Gasteiger partial charge in [0, 0.05) is 32.6 Å². The van der Waals surface area contributed by atoms with Crippen LogP contribution in [0.2, 0.25) is 0 Å². The molecule has 0 atom stereocenters. The van der Waals surface area contributed by atoms with Crippen molar-refractivity contribution in [3.8, 4) is 0 Å². The summed E-state index contributed by atoms with van der Waals surface area (Å²) in [6.45, 7) is 3.33. The largest absolute Gasteiger partial charge is 0.341 e. The lowest BCUT2D eigenvalue weighted by Crippen LogP contribution is -2.40. The van der Waals surface area contributed by atoms with Crippen molar-refractivity contribution >= 4 is 24.2 Å². The van der Waals surface area contributed by atoms with Crippen LogP contribution < -0.4 is 5.32 Å². The minimum atomic E-state index is 0. The molecule has 21 heavy (non-hydrogen) atoms. The average Bonchev–Trinajstić information content (AvgIpc) is 2.80. The van der Waals surface area contributed by atoms with Gasteiger partial charge in [0.2, 0.25) is 11.8 Å². The van der Waals surface area contributed by atoms with Crippen LogP contribution in [0.4, 0.5) is 0 Å². The van der Waals surface area contributed by atoms with Crippen LogP contribution in [0.5, 0.6) is 0 Å². The van der Waals surface area contributed by atoms with Gasteiger partial charge in [-0.05, 0) is 32.2 Å². The van der Waals surface area contributed by atoms with Crippen molar-refractivity contribution in [3.63, 3.8) is 0 Å². The highest BCUT2D eigenvalue weighted by Gasteiger charge is 2.24. The fraction of sp³-hybridized carbons (Fsp3) is 0.867. The quantitative estimate of drug-likeness (QED) is 0.849. The molecule has 122 valence electrons. The van der Waals surface area contributed by atoms with E-state index in [-0.39, 0.29) is 18.3 Å². The minimum absolute atomic E-state index is 0. The molecule has 0 aromatic rings. The Morgan fingerprint density at radius 3 is 2.10 bits per heavy atom. The van der Waals surface area contributed by atoms with E-state index in [0.717, 1.165) is 19.5 Å². The van der Waals surface area contributed by atoms with Crippen molar-refractivity contribution in [2.75, 3.05) is 39.8 Å². The lowest BCUT2D eigenvalue weighted by molar-refractivity contribution is -0.133. The number of likely N-dealkylation sites (N-methyl/N-ethyl adjacent to an activating group) is 1. The third-order valence-electron chi connectivity index (χ3n) is 4.47. The Morgan fingerprint density at radius 2 is 1.52 bits per heavy atom. The molecule has 2 rings (SSSR count). The first-order valence-corrected chi connectivity index (χ1v) is 7.91. The highest BCUT2D eigenvalue weighted by Crippen LogP contribution is 2.28. The van der Waals surface area contributed by atoms with E-state index in [1.165, 1.54) is 25.7 Å². The van der Waals surface area contributed by atoms with E-state index in [9.17, 15) is 9.59 Å². The molecule has 1 aliphatic heterocycles. The molecule has 1 N–H and O–H groups in total. The number of carbonyl (C=O) groups is 2. The van der Waals surface area contributed by atoms with E-state index < -0.39 is 0 Å². The highest BCUT2D eigenvalue weighted by molar-refractivity contribution is 5.85. The summed E-state index contributed by atoms with van der Waals surface area (Å²) in [5.74, 6) is 1.03. The molecule has 0 aromatic carbocycles. The first-order valence-electron chi connectivity index (χ1n) is 7.91. The zero-order chi connectivity index (χ0) is 14.4. The van der Waals surface area contributed by atoms with Gasteiger partial charge in [-0.25, -0.2) is 0 Å². The minimum Gasteiger partial charge on any atom is -0.341 e. The summed E-state index contributed by atoms with van der Waals surface area (Å²) < 4.78 is 0. The Morgan fingerprint density at radius 1 is 0.952 bits per heavy atom. The van der Waals surface area contributed by atoms with Gasteiger partial charge in [0.1, 0.15) is 0 Å². The molecule has 1 aliphatic carbocycles. The number of hydrogen-bond donors (Lipinski definition) is 1. The second-order valence-corrected chi connectivity index (χ2v) is 6.00. The number of amides is 2. The molecule has 2 fully saturated rings. The monoisotopic (exact) mass is 317 g/mol. The highest BCUT2D eigenvalue weighted by atomic mass is 35.5. The summed E-state index contributed by atoms with van der Waals surface area (Å²) in [7, 11) is 1.78.